The van der Waals surface area contributed by atoms with Crippen molar-refractivity contribution < 1.29 is 4.39 Å². The number of hydrogen-bond acceptors (Lipinski definition) is 2. The van der Waals surface area contributed by atoms with Gasteiger partial charge in [-0.3, -0.25) is 4.90 Å². The van der Waals surface area contributed by atoms with Crippen LogP contribution < -0.4 is 5.73 Å². The van der Waals surface area contributed by atoms with E-state index in [4.69, 9.17) is 5.73 Å². The summed E-state index contributed by atoms with van der Waals surface area (Å²) >= 11 is 0. The minimum Gasteiger partial charge on any atom is -0.326 e. The third-order valence-electron chi connectivity index (χ3n) is 2.67. The van der Waals surface area contributed by atoms with Crippen LogP contribution in [-0.2, 0) is 13.1 Å². The van der Waals surface area contributed by atoms with Crippen molar-refractivity contribution in [1.82, 2.24) is 4.90 Å². The largest absolute Gasteiger partial charge is 0.326 e. The highest BCUT2D eigenvalue weighted by Crippen LogP contribution is 2.14. The van der Waals surface area contributed by atoms with Gasteiger partial charge in [0.05, 0.1) is 0 Å². The standard InChI is InChI=1S/C12H19FN2/c1-3-15(4-2)9-11-7-5-6-10(8-14)12(11)13/h5-7H,3-4,8-9,14H2,1-2H3. The molecule has 0 saturated carbocycles. The summed E-state index contributed by atoms with van der Waals surface area (Å²) in [5.74, 6) is -0.146. The van der Waals surface area contributed by atoms with Gasteiger partial charge >= 0.3 is 0 Å². The number of halogens is 1. The summed E-state index contributed by atoms with van der Waals surface area (Å²) in [5.41, 5.74) is 6.80. The molecule has 0 fully saturated rings. The zero-order valence-corrected chi connectivity index (χ0v) is 9.46. The fourth-order valence-corrected chi connectivity index (χ4v) is 1.60. The maximum absolute atomic E-state index is 13.8. The van der Waals surface area contributed by atoms with Gasteiger partial charge in [0, 0.05) is 24.2 Å². The molecule has 0 amide bonds. The molecule has 2 N–H and O–H groups in total. The Kier molecular flexibility index (Phi) is 4.72. The molecule has 2 nitrogen and oxygen atoms in total. The molecule has 0 heterocycles. The zero-order valence-electron chi connectivity index (χ0n) is 9.46. The first-order valence-electron chi connectivity index (χ1n) is 5.41. The first-order valence-corrected chi connectivity index (χ1v) is 5.41. The van der Waals surface area contributed by atoms with E-state index in [0.717, 1.165) is 18.7 Å². The van der Waals surface area contributed by atoms with E-state index in [2.05, 4.69) is 18.7 Å². The first kappa shape index (κ1) is 12.1. The molecule has 0 saturated heterocycles. The van der Waals surface area contributed by atoms with Gasteiger partial charge in [-0.25, -0.2) is 4.39 Å². The third kappa shape index (κ3) is 3.01. The normalized spacial score (nSPS) is 11.0. The van der Waals surface area contributed by atoms with E-state index in [1.54, 1.807) is 6.07 Å². The molecule has 1 aromatic carbocycles. The van der Waals surface area contributed by atoms with Crippen molar-refractivity contribution in [3.05, 3.63) is 35.1 Å². The summed E-state index contributed by atoms with van der Waals surface area (Å²) in [6.45, 7) is 6.94. The number of nitrogens with zero attached hydrogens (tertiary/aromatic N) is 1. The zero-order chi connectivity index (χ0) is 11.3. The van der Waals surface area contributed by atoms with Gasteiger partial charge in [-0.05, 0) is 13.1 Å². The summed E-state index contributed by atoms with van der Waals surface area (Å²) < 4.78 is 13.8. The van der Waals surface area contributed by atoms with Gasteiger partial charge < -0.3 is 5.73 Å². The quantitative estimate of drug-likeness (QED) is 0.806. The Balaban J connectivity index is 2.85. The molecule has 0 spiro atoms. The van der Waals surface area contributed by atoms with Gasteiger partial charge in [0.15, 0.2) is 0 Å². The van der Waals surface area contributed by atoms with E-state index in [-0.39, 0.29) is 12.4 Å². The Morgan fingerprint density at radius 3 is 2.33 bits per heavy atom. The Labute approximate surface area is 90.9 Å². The molecule has 15 heavy (non-hydrogen) atoms. The highest BCUT2D eigenvalue weighted by Gasteiger charge is 2.09. The smallest absolute Gasteiger partial charge is 0.132 e. The van der Waals surface area contributed by atoms with Crippen LogP contribution in [0, 0.1) is 5.82 Å². The maximum atomic E-state index is 13.8. The Morgan fingerprint density at radius 1 is 1.20 bits per heavy atom. The van der Waals surface area contributed by atoms with Crippen LogP contribution in [0.3, 0.4) is 0 Å². The summed E-state index contributed by atoms with van der Waals surface area (Å²) in [7, 11) is 0. The minimum absolute atomic E-state index is 0.146. The molecule has 0 bridgehead atoms. The van der Waals surface area contributed by atoms with Gasteiger partial charge in [0.25, 0.3) is 0 Å². The number of nitrogens with two attached hydrogens (primary N) is 1. The van der Waals surface area contributed by atoms with Crippen molar-refractivity contribution in [2.75, 3.05) is 13.1 Å². The summed E-state index contributed by atoms with van der Waals surface area (Å²) in [5, 5.41) is 0. The van der Waals surface area contributed by atoms with Crippen LogP contribution in [0.25, 0.3) is 0 Å². The molecule has 0 aliphatic heterocycles. The highest BCUT2D eigenvalue weighted by atomic mass is 19.1. The molecule has 1 aromatic rings. The lowest BCUT2D eigenvalue weighted by Gasteiger charge is -2.18. The molecule has 0 radical (unpaired) electrons. The SMILES string of the molecule is CCN(CC)Cc1cccc(CN)c1F. The van der Waals surface area contributed by atoms with Gasteiger partial charge in [-0.1, -0.05) is 32.0 Å². The van der Waals surface area contributed by atoms with E-state index in [1.165, 1.54) is 0 Å². The highest BCUT2D eigenvalue weighted by molar-refractivity contribution is 5.25. The van der Waals surface area contributed by atoms with Gasteiger partial charge in [0.1, 0.15) is 5.82 Å². The van der Waals surface area contributed by atoms with E-state index < -0.39 is 0 Å². The molecule has 1 rings (SSSR count). The van der Waals surface area contributed by atoms with Crippen molar-refractivity contribution in [3.63, 3.8) is 0 Å². The lowest BCUT2D eigenvalue weighted by Crippen LogP contribution is -2.23. The van der Waals surface area contributed by atoms with Crippen molar-refractivity contribution in [2.24, 2.45) is 5.73 Å². The van der Waals surface area contributed by atoms with Crippen molar-refractivity contribution in [3.8, 4) is 0 Å². The van der Waals surface area contributed by atoms with Crippen LogP contribution in [0.1, 0.15) is 25.0 Å². The average Bonchev–Trinajstić information content (AvgIpc) is 2.28. The molecular formula is C12H19FN2. The predicted molar refractivity (Wildman–Crippen MR) is 60.9 cm³/mol. The van der Waals surface area contributed by atoms with Crippen molar-refractivity contribution >= 4 is 0 Å². The molecule has 0 unspecified atom stereocenters. The van der Waals surface area contributed by atoms with Crippen LogP contribution in [-0.4, -0.2) is 18.0 Å². The predicted octanol–water partition coefficient (Wildman–Crippen LogP) is 2.13. The summed E-state index contributed by atoms with van der Waals surface area (Å²) in [4.78, 5) is 2.18. The van der Waals surface area contributed by atoms with Crippen LogP contribution in [0.15, 0.2) is 18.2 Å². The third-order valence-corrected chi connectivity index (χ3v) is 2.67. The summed E-state index contributed by atoms with van der Waals surface area (Å²) in [6, 6.07) is 5.43. The van der Waals surface area contributed by atoms with E-state index in [1.807, 2.05) is 12.1 Å². The molecule has 3 heteroatoms. The van der Waals surface area contributed by atoms with Crippen LogP contribution in [0.5, 0.6) is 0 Å². The second kappa shape index (κ2) is 5.83. The Bertz CT molecular complexity index is 308. The Morgan fingerprint density at radius 2 is 1.80 bits per heavy atom. The lowest BCUT2D eigenvalue weighted by molar-refractivity contribution is 0.291. The van der Waals surface area contributed by atoms with Crippen LogP contribution in [0.4, 0.5) is 4.39 Å². The second-order valence-corrected chi connectivity index (χ2v) is 3.56. The second-order valence-electron chi connectivity index (χ2n) is 3.56. The lowest BCUT2D eigenvalue weighted by atomic mass is 10.1. The van der Waals surface area contributed by atoms with E-state index >= 15 is 0 Å². The number of hydrogen-bond donors (Lipinski definition) is 1. The van der Waals surface area contributed by atoms with Gasteiger partial charge in [-0.2, -0.15) is 0 Å². The fourth-order valence-electron chi connectivity index (χ4n) is 1.60. The average molecular weight is 210 g/mol. The molecular weight excluding hydrogens is 191 g/mol. The Hall–Kier alpha value is -0.930. The van der Waals surface area contributed by atoms with E-state index in [0.29, 0.717) is 12.1 Å². The van der Waals surface area contributed by atoms with Crippen molar-refractivity contribution in [1.29, 1.82) is 0 Å². The fraction of sp³-hybridized carbons (Fsp3) is 0.500. The molecule has 0 atom stereocenters. The van der Waals surface area contributed by atoms with Crippen LogP contribution >= 0.6 is 0 Å². The maximum Gasteiger partial charge on any atom is 0.132 e. The number of benzene rings is 1. The molecule has 0 aromatic heterocycles. The number of rotatable bonds is 5. The first-order chi connectivity index (χ1) is 7.22. The topological polar surface area (TPSA) is 29.3 Å². The molecule has 0 aliphatic rings. The minimum atomic E-state index is -0.146. The van der Waals surface area contributed by atoms with Gasteiger partial charge in [0.2, 0.25) is 0 Å². The molecule has 84 valence electrons. The van der Waals surface area contributed by atoms with E-state index in [9.17, 15) is 4.39 Å². The van der Waals surface area contributed by atoms with Crippen LogP contribution in [0.2, 0.25) is 0 Å². The van der Waals surface area contributed by atoms with Crippen molar-refractivity contribution in [2.45, 2.75) is 26.9 Å². The molecule has 0 aliphatic carbocycles. The monoisotopic (exact) mass is 210 g/mol. The summed E-state index contributed by atoms with van der Waals surface area (Å²) in [6.07, 6.45) is 0. The van der Waals surface area contributed by atoms with Gasteiger partial charge in [-0.15, -0.1) is 0 Å².